The summed E-state index contributed by atoms with van der Waals surface area (Å²) in [6.45, 7) is 5.82. The fourth-order valence-corrected chi connectivity index (χ4v) is 1.25. The van der Waals surface area contributed by atoms with Gasteiger partial charge in [0.05, 0.1) is 0 Å². The second-order valence-electron chi connectivity index (χ2n) is 3.38. The van der Waals surface area contributed by atoms with Gasteiger partial charge in [-0.1, -0.05) is 69.6 Å². The maximum atomic E-state index is 3.61. The highest BCUT2D eigenvalue weighted by Crippen LogP contribution is 2.06. The van der Waals surface area contributed by atoms with E-state index in [2.05, 4.69) is 32.1 Å². The van der Waals surface area contributed by atoms with Gasteiger partial charge in [0.25, 0.3) is 0 Å². The van der Waals surface area contributed by atoms with Crippen molar-refractivity contribution in [1.82, 2.24) is 0 Å². The summed E-state index contributed by atoms with van der Waals surface area (Å²) in [6, 6.07) is 0. The standard InChI is InChI=1S/C14H23/c1-3-5-7-9-11-13-14-12-10-8-6-4-2/h3,5-7,9,11H,1,4,8,10,12-14H2,2H3/b7-5+,11-9+. The molecule has 0 unspecified atom stereocenters. The van der Waals surface area contributed by atoms with Crippen LogP contribution in [-0.2, 0) is 0 Å². The lowest BCUT2D eigenvalue weighted by molar-refractivity contribution is 0.673. The molecule has 0 rings (SSSR count). The van der Waals surface area contributed by atoms with E-state index in [1.807, 2.05) is 12.2 Å². The Morgan fingerprint density at radius 2 is 1.71 bits per heavy atom. The van der Waals surface area contributed by atoms with Crippen molar-refractivity contribution in [3.8, 4) is 0 Å². The van der Waals surface area contributed by atoms with Gasteiger partial charge >= 0.3 is 0 Å². The Hall–Kier alpha value is -0.780. The average Bonchev–Trinajstić information content (AvgIpc) is 2.21. The highest BCUT2D eigenvalue weighted by molar-refractivity contribution is 5.08. The van der Waals surface area contributed by atoms with E-state index in [-0.39, 0.29) is 0 Å². The Morgan fingerprint density at radius 3 is 2.43 bits per heavy atom. The molecule has 0 fully saturated rings. The highest BCUT2D eigenvalue weighted by atomic mass is 13.9. The van der Waals surface area contributed by atoms with E-state index in [9.17, 15) is 0 Å². The van der Waals surface area contributed by atoms with Crippen LogP contribution in [-0.4, -0.2) is 0 Å². The molecule has 0 aliphatic carbocycles. The minimum atomic E-state index is 1.20. The van der Waals surface area contributed by atoms with Crippen molar-refractivity contribution in [3.63, 3.8) is 0 Å². The quantitative estimate of drug-likeness (QED) is 0.361. The van der Waals surface area contributed by atoms with Crippen LogP contribution in [0.1, 0.15) is 45.4 Å². The molecule has 1 radical (unpaired) electrons. The largest absolute Gasteiger partial charge is 0.0991 e. The third kappa shape index (κ3) is 11.2. The molecule has 0 aliphatic rings. The minimum absolute atomic E-state index is 1.20. The van der Waals surface area contributed by atoms with E-state index in [0.29, 0.717) is 0 Å². The molecule has 79 valence electrons. The summed E-state index contributed by atoms with van der Waals surface area (Å²) in [5.41, 5.74) is 0. The van der Waals surface area contributed by atoms with Crippen LogP contribution in [0.3, 0.4) is 0 Å². The van der Waals surface area contributed by atoms with Gasteiger partial charge in [-0.2, -0.15) is 0 Å². The number of hydrogen-bond acceptors (Lipinski definition) is 0. The van der Waals surface area contributed by atoms with Crippen LogP contribution in [0.15, 0.2) is 37.0 Å². The van der Waals surface area contributed by atoms with Crippen molar-refractivity contribution in [2.24, 2.45) is 0 Å². The van der Waals surface area contributed by atoms with Gasteiger partial charge in [0.2, 0.25) is 0 Å². The summed E-state index contributed by atoms with van der Waals surface area (Å²) in [5, 5.41) is 0. The molecule has 0 aromatic carbocycles. The van der Waals surface area contributed by atoms with E-state index in [1.165, 1.54) is 38.5 Å². The monoisotopic (exact) mass is 191 g/mol. The number of rotatable bonds is 9. The molecule has 0 aromatic rings. The summed E-state index contributed by atoms with van der Waals surface area (Å²) in [4.78, 5) is 0. The molecule has 0 saturated heterocycles. The fraction of sp³-hybridized carbons (Fsp3) is 0.500. The predicted octanol–water partition coefficient (Wildman–Crippen LogP) is 4.85. The van der Waals surface area contributed by atoms with Crippen molar-refractivity contribution >= 4 is 0 Å². The molecule has 0 saturated carbocycles. The zero-order chi connectivity index (χ0) is 10.5. The molecule has 0 nitrogen and oxygen atoms in total. The van der Waals surface area contributed by atoms with Crippen molar-refractivity contribution in [2.45, 2.75) is 45.4 Å². The van der Waals surface area contributed by atoms with Gasteiger partial charge in [-0.3, -0.25) is 0 Å². The maximum Gasteiger partial charge on any atom is -0.0348 e. The van der Waals surface area contributed by atoms with Gasteiger partial charge in [-0.25, -0.2) is 0 Å². The fourth-order valence-electron chi connectivity index (χ4n) is 1.25. The number of allylic oxidation sites excluding steroid dienone is 5. The molecule has 0 heteroatoms. The van der Waals surface area contributed by atoms with Gasteiger partial charge in [0.1, 0.15) is 0 Å². The number of unbranched alkanes of at least 4 members (excludes halogenated alkanes) is 6. The Kier molecular flexibility index (Phi) is 11.5. The molecule has 0 N–H and O–H groups in total. The average molecular weight is 191 g/mol. The first-order valence-electron chi connectivity index (χ1n) is 5.67. The second kappa shape index (κ2) is 12.2. The summed E-state index contributed by atoms with van der Waals surface area (Å²) in [6.07, 6.45) is 20.2. The second-order valence-corrected chi connectivity index (χ2v) is 3.38. The third-order valence-electron chi connectivity index (χ3n) is 2.06. The van der Waals surface area contributed by atoms with E-state index in [0.717, 1.165) is 0 Å². The van der Waals surface area contributed by atoms with Gasteiger partial charge < -0.3 is 0 Å². The summed E-state index contributed by atoms with van der Waals surface area (Å²) in [5.74, 6) is 0. The van der Waals surface area contributed by atoms with Crippen molar-refractivity contribution in [2.75, 3.05) is 0 Å². The summed E-state index contributed by atoms with van der Waals surface area (Å²) in [7, 11) is 0. The molecule has 0 heterocycles. The normalized spacial score (nSPS) is 11.5. The Bertz CT molecular complexity index is 163. The maximum absolute atomic E-state index is 3.61. The smallest absolute Gasteiger partial charge is 0.0348 e. The lowest BCUT2D eigenvalue weighted by atomic mass is 10.1. The van der Waals surface area contributed by atoms with Crippen molar-refractivity contribution < 1.29 is 0 Å². The molecular formula is C14H23. The SMILES string of the molecule is C=C/C=C/C=C/CCCCC[CH]CC. The first-order chi connectivity index (χ1) is 6.91. The van der Waals surface area contributed by atoms with Crippen LogP contribution >= 0.6 is 0 Å². The van der Waals surface area contributed by atoms with Crippen molar-refractivity contribution in [3.05, 3.63) is 43.4 Å². The van der Waals surface area contributed by atoms with Crippen LogP contribution in [0.25, 0.3) is 0 Å². The Morgan fingerprint density at radius 1 is 0.929 bits per heavy atom. The minimum Gasteiger partial charge on any atom is -0.0991 e. The zero-order valence-corrected chi connectivity index (χ0v) is 9.41. The molecule has 0 atom stereocenters. The van der Waals surface area contributed by atoms with E-state index < -0.39 is 0 Å². The lowest BCUT2D eigenvalue weighted by Crippen LogP contribution is -1.78. The molecule has 0 aliphatic heterocycles. The third-order valence-corrected chi connectivity index (χ3v) is 2.06. The summed E-state index contributed by atoms with van der Waals surface area (Å²) >= 11 is 0. The first kappa shape index (κ1) is 13.2. The van der Waals surface area contributed by atoms with Crippen LogP contribution in [0, 0.1) is 6.42 Å². The molecule has 0 aromatic heterocycles. The van der Waals surface area contributed by atoms with Crippen molar-refractivity contribution in [1.29, 1.82) is 0 Å². The van der Waals surface area contributed by atoms with E-state index in [1.54, 1.807) is 6.08 Å². The summed E-state index contributed by atoms with van der Waals surface area (Å²) < 4.78 is 0. The number of hydrogen-bond donors (Lipinski definition) is 0. The van der Waals surface area contributed by atoms with E-state index >= 15 is 0 Å². The van der Waals surface area contributed by atoms with Crippen LogP contribution in [0.2, 0.25) is 0 Å². The van der Waals surface area contributed by atoms with Crippen LogP contribution < -0.4 is 0 Å². The molecule has 0 bridgehead atoms. The topological polar surface area (TPSA) is 0 Å². The molecular weight excluding hydrogens is 168 g/mol. The van der Waals surface area contributed by atoms with Gasteiger partial charge in [0, 0.05) is 0 Å². The Balaban J connectivity index is 3.08. The zero-order valence-electron chi connectivity index (χ0n) is 9.41. The molecule has 14 heavy (non-hydrogen) atoms. The van der Waals surface area contributed by atoms with Crippen LogP contribution in [0.5, 0.6) is 0 Å². The first-order valence-corrected chi connectivity index (χ1v) is 5.67. The lowest BCUT2D eigenvalue weighted by Gasteiger charge is -1.96. The highest BCUT2D eigenvalue weighted by Gasteiger charge is 1.87. The molecule has 0 amide bonds. The predicted molar refractivity (Wildman–Crippen MR) is 66.2 cm³/mol. The van der Waals surface area contributed by atoms with Gasteiger partial charge in [-0.15, -0.1) is 0 Å². The Labute approximate surface area is 89.4 Å². The van der Waals surface area contributed by atoms with E-state index in [4.69, 9.17) is 0 Å². The van der Waals surface area contributed by atoms with Gasteiger partial charge in [-0.05, 0) is 19.3 Å². The van der Waals surface area contributed by atoms with Crippen LogP contribution in [0.4, 0.5) is 0 Å². The molecule has 0 spiro atoms. The van der Waals surface area contributed by atoms with Gasteiger partial charge in [0.15, 0.2) is 0 Å².